The standard InChI is InChI=1S/C26H34N4O2S/c1-20-22(19-30-14-16-33-17-15-30)10-7-11-23(20)28-24(31)26(12-5-6-13-26)29-25(32)27-18-21-8-3-2-4-9-21/h2-4,7-11H,5-6,12-19H2,1H3,(H,28,31)(H2,27,29,32). The maximum Gasteiger partial charge on any atom is 0.315 e. The summed E-state index contributed by atoms with van der Waals surface area (Å²) in [6.45, 7) is 5.62. The van der Waals surface area contributed by atoms with Crippen LogP contribution >= 0.6 is 11.8 Å². The lowest BCUT2D eigenvalue weighted by atomic mass is 9.95. The predicted octanol–water partition coefficient (Wildman–Crippen LogP) is 4.29. The largest absolute Gasteiger partial charge is 0.334 e. The molecule has 2 fully saturated rings. The van der Waals surface area contributed by atoms with E-state index < -0.39 is 5.54 Å². The Morgan fingerprint density at radius 1 is 1.00 bits per heavy atom. The van der Waals surface area contributed by atoms with Crippen LogP contribution in [0.25, 0.3) is 0 Å². The second-order valence-corrected chi connectivity index (χ2v) is 10.2. The van der Waals surface area contributed by atoms with Crippen LogP contribution in [0, 0.1) is 6.92 Å². The van der Waals surface area contributed by atoms with Gasteiger partial charge >= 0.3 is 6.03 Å². The molecular weight excluding hydrogens is 432 g/mol. The molecule has 3 amide bonds. The lowest BCUT2D eigenvalue weighted by Gasteiger charge is -2.30. The highest BCUT2D eigenvalue weighted by Gasteiger charge is 2.42. The number of thioether (sulfide) groups is 1. The van der Waals surface area contributed by atoms with Crippen molar-refractivity contribution in [3.05, 3.63) is 65.2 Å². The van der Waals surface area contributed by atoms with Crippen LogP contribution < -0.4 is 16.0 Å². The minimum atomic E-state index is -0.868. The second-order valence-electron chi connectivity index (χ2n) is 9.01. The predicted molar refractivity (Wildman–Crippen MR) is 135 cm³/mol. The van der Waals surface area contributed by atoms with Crippen molar-refractivity contribution in [3.8, 4) is 0 Å². The van der Waals surface area contributed by atoms with E-state index in [0.29, 0.717) is 19.4 Å². The number of carbonyl (C=O) groups is 2. The first-order valence-corrected chi connectivity index (χ1v) is 13.0. The molecule has 2 aromatic rings. The summed E-state index contributed by atoms with van der Waals surface area (Å²) in [5, 5.41) is 9.05. The van der Waals surface area contributed by atoms with Crippen LogP contribution in [0.15, 0.2) is 48.5 Å². The van der Waals surface area contributed by atoms with Crippen molar-refractivity contribution >= 4 is 29.4 Å². The highest BCUT2D eigenvalue weighted by Crippen LogP contribution is 2.32. The van der Waals surface area contributed by atoms with Crippen molar-refractivity contribution in [1.82, 2.24) is 15.5 Å². The molecule has 1 aliphatic heterocycles. The maximum atomic E-state index is 13.4. The molecule has 0 atom stereocenters. The Labute approximate surface area is 200 Å². The van der Waals surface area contributed by atoms with Crippen LogP contribution in [-0.4, -0.2) is 47.0 Å². The molecule has 0 unspecified atom stereocenters. The molecule has 0 radical (unpaired) electrons. The van der Waals surface area contributed by atoms with E-state index in [-0.39, 0.29) is 11.9 Å². The van der Waals surface area contributed by atoms with Gasteiger partial charge in [-0.2, -0.15) is 11.8 Å². The monoisotopic (exact) mass is 466 g/mol. The molecule has 1 heterocycles. The first-order valence-electron chi connectivity index (χ1n) is 11.9. The van der Waals surface area contributed by atoms with Gasteiger partial charge in [0.25, 0.3) is 0 Å². The summed E-state index contributed by atoms with van der Waals surface area (Å²) in [5.41, 5.74) is 3.34. The molecule has 1 saturated carbocycles. The summed E-state index contributed by atoms with van der Waals surface area (Å²) in [7, 11) is 0. The van der Waals surface area contributed by atoms with Gasteiger partial charge in [-0.05, 0) is 42.5 Å². The van der Waals surface area contributed by atoms with Gasteiger partial charge in [0.1, 0.15) is 5.54 Å². The second kappa shape index (κ2) is 11.1. The van der Waals surface area contributed by atoms with Crippen LogP contribution in [-0.2, 0) is 17.9 Å². The number of hydrogen-bond acceptors (Lipinski definition) is 4. The summed E-state index contributed by atoms with van der Waals surface area (Å²) in [6, 6.07) is 15.6. The number of carbonyl (C=O) groups excluding carboxylic acids is 2. The van der Waals surface area contributed by atoms with Crippen LogP contribution in [0.2, 0.25) is 0 Å². The Morgan fingerprint density at radius 3 is 2.45 bits per heavy atom. The Bertz CT molecular complexity index is 954. The summed E-state index contributed by atoms with van der Waals surface area (Å²) in [5.74, 6) is 2.23. The van der Waals surface area contributed by atoms with Gasteiger partial charge in [0.2, 0.25) is 5.91 Å². The van der Waals surface area contributed by atoms with Crippen molar-refractivity contribution in [1.29, 1.82) is 0 Å². The topological polar surface area (TPSA) is 73.5 Å². The highest BCUT2D eigenvalue weighted by molar-refractivity contribution is 7.99. The first kappa shape index (κ1) is 23.6. The third kappa shape index (κ3) is 6.09. The molecular formula is C26H34N4O2S. The maximum absolute atomic E-state index is 13.4. The van der Waals surface area contributed by atoms with E-state index in [1.54, 1.807) is 0 Å². The van der Waals surface area contributed by atoms with Gasteiger partial charge in [0, 0.05) is 43.4 Å². The molecule has 7 heteroatoms. The molecule has 176 valence electrons. The first-order chi connectivity index (χ1) is 16.1. The van der Waals surface area contributed by atoms with E-state index in [9.17, 15) is 9.59 Å². The van der Waals surface area contributed by atoms with Crippen molar-refractivity contribution in [3.63, 3.8) is 0 Å². The summed E-state index contributed by atoms with van der Waals surface area (Å²) < 4.78 is 0. The number of amides is 3. The Kier molecular flexibility index (Phi) is 7.93. The molecule has 2 aromatic carbocycles. The van der Waals surface area contributed by atoms with Crippen molar-refractivity contribution in [2.45, 2.75) is 51.2 Å². The molecule has 6 nitrogen and oxygen atoms in total. The van der Waals surface area contributed by atoms with Crippen molar-refractivity contribution in [2.75, 3.05) is 29.9 Å². The SMILES string of the molecule is Cc1c(CN2CCSCC2)cccc1NC(=O)C1(NC(=O)NCc2ccccc2)CCCC1. The fraction of sp³-hybridized carbons (Fsp3) is 0.462. The van der Waals surface area contributed by atoms with E-state index in [4.69, 9.17) is 0 Å². The molecule has 0 aromatic heterocycles. The molecule has 1 saturated heterocycles. The van der Waals surface area contributed by atoms with Gasteiger partial charge in [-0.25, -0.2) is 4.79 Å². The Hall–Kier alpha value is -2.51. The number of urea groups is 1. The van der Waals surface area contributed by atoms with Crippen molar-refractivity contribution in [2.24, 2.45) is 0 Å². The van der Waals surface area contributed by atoms with E-state index >= 15 is 0 Å². The number of benzene rings is 2. The number of nitrogens with one attached hydrogen (secondary N) is 3. The minimum Gasteiger partial charge on any atom is -0.334 e. The van der Waals surface area contributed by atoms with E-state index in [1.807, 2.05) is 54.2 Å². The summed E-state index contributed by atoms with van der Waals surface area (Å²) >= 11 is 2.01. The lowest BCUT2D eigenvalue weighted by molar-refractivity contribution is -0.121. The molecule has 4 rings (SSSR count). The van der Waals surface area contributed by atoms with Gasteiger partial charge in [-0.3, -0.25) is 9.69 Å². The third-order valence-electron chi connectivity index (χ3n) is 6.73. The Morgan fingerprint density at radius 2 is 1.73 bits per heavy atom. The smallest absolute Gasteiger partial charge is 0.315 e. The minimum absolute atomic E-state index is 0.121. The van der Waals surface area contributed by atoms with E-state index in [0.717, 1.165) is 49.3 Å². The van der Waals surface area contributed by atoms with Crippen LogP contribution in [0.3, 0.4) is 0 Å². The molecule has 0 spiro atoms. The molecule has 33 heavy (non-hydrogen) atoms. The molecule has 3 N–H and O–H groups in total. The normalized spacial score (nSPS) is 18.0. The zero-order valence-electron chi connectivity index (χ0n) is 19.4. The van der Waals surface area contributed by atoms with Gasteiger partial charge in [-0.15, -0.1) is 0 Å². The zero-order chi connectivity index (χ0) is 23.1. The third-order valence-corrected chi connectivity index (χ3v) is 7.67. The average molecular weight is 467 g/mol. The average Bonchev–Trinajstić information content (AvgIpc) is 3.31. The molecule has 2 aliphatic rings. The summed E-state index contributed by atoms with van der Waals surface area (Å²) in [4.78, 5) is 28.6. The number of nitrogens with zero attached hydrogens (tertiary/aromatic N) is 1. The number of hydrogen-bond donors (Lipinski definition) is 3. The van der Waals surface area contributed by atoms with Crippen molar-refractivity contribution < 1.29 is 9.59 Å². The molecule has 1 aliphatic carbocycles. The van der Waals surface area contributed by atoms with Gasteiger partial charge < -0.3 is 16.0 Å². The number of rotatable bonds is 7. The zero-order valence-corrected chi connectivity index (χ0v) is 20.2. The van der Waals surface area contributed by atoms with Crippen LogP contribution in [0.1, 0.15) is 42.4 Å². The highest BCUT2D eigenvalue weighted by atomic mass is 32.2. The Balaban J connectivity index is 1.40. The van der Waals surface area contributed by atoms with E-state index in [2.05, 4.69) is 33.8 Å². The van der Waals surface area contributed by atoms with Crippen LogP contribution in [0.4, 0.5) is 10.5 Å². The quantitative estimate of drug-likeness (QED) is 0.569. The fourth-order valence-corrected chi connectivity index (χ4v) is 5.64. The van der Waals surface area contributed by atoms with Gasteiger partial charge in [0.15, 0.2) is 0 Å². The van der Waals surface area contributed by atoms with Gasteiger partial charge in [0.05, 0.1) is 0 Å². The number of anilines is 1. The lowest BCUT2D eigenvalue weighted by Crippen LogP contribution is -2.57. The fourth-order valence-electron chi connectivity index (χ4n) is 4.66. The van der Waals surface area contributed by atoms with E-state index in [1.165, 1.54) is 17.1 Å². The summed E-state index contributed by atoms with van der Waals surface area (Å²) in [6.07, 6.45) is 3.17. The van der Waals surface area contributed by atoms with Gasteiger partial charge in [-0.1, -0.05) is 55.3 Å². The molecule has 0 bridgehead atoms. The van der Waals surface area contributed by atoms with Crippen LogP contribution in [0.5, 0.6) is 0 Å².